The molecule has 2 nitrogen and oxygen atoms in total. The molecule has 0 saturated carbocycles. The van der Waals surface area contributed by atoms with Gasteiger partial charge in [0.05, 0.1) is 7.11 Å². The Bertz CT molecular complexity index is 395. The Hall–Kier alpha value is -0.540. The summed E-state index contributed by atoms with van der Waals surface area (Å²) < 4.78 is 6.66. The lowest BCUT2D eigenvalue weighted by atomic mass is 9.98. The van der Waals surface area contributed by atoms with Crippen LogP contribution in [0.1, 0.15) is 70.4 Å². The van der Waals surface area contributed by atoms with Gasteiger partial charge in [0.25, 0.3) is 0 Å². The summed E-state index contributed by atoms with van der Waals surface area (Å²) in [5.74, 6) is 0.986. The summed E-state index contributed by atoms with van der Waals surface area (Å²) in [5, 5.41) is 3.68. The fourth-order valence-electron chi connectivity index (χ4n) is 2.62. The highest BCUT2D eigenvalue weighted by atomic mass is 79.9. The second kappa shape index (κ2) is 11.1. The first-order valence-corrected chi connectivity index (χ1v) is 9.09. The number of methoxy groups -OCH3 is 1. The third-order valence-corrected chi connectivity index (χ3v) is 4.30. The van der Waals surface area contributed by atoms with Crippen molar-refractivity contribution in [2.75, 3.05) is 13.7 Å². The Labute approximate surface area is 138 Å². The third kappa shape index (κ3) is 6.84. The van der Waals surface area contributed by atoms with Gasteiger partial charge in [-0.1, -0.05) is 61.9 Å². The number of hydrogen-bond acceptors (Lipinski definition) is 2. The molecule has 1 atom stereocenters. The summed E-state index contributed by atoms with van der Waals surface area (Å²) in [6.07, 6.45) is 8.95. The van der Waals surface area contributed by atoms with Crippen molar-refractivity contribution in [2.24, 2.45) is 0 Å². The zero-order chi connectivity index (χ0) is 15.5. The van der Waals surface area contributed by atoms with Crippen LogP contribution in [0.25, 0.3) is 0 Å². The van der Waals surface area contributed by atoms with Gasteiger partial charge in [-0.25, -0.2) is 0 Å². The Kier molecular flexibility index (Phi) is 9.77. The van der Waals surface area contributed by atoms with Crippen LogP contribution in [0.4, 0.5) is 0 Å². The molecule has 0 aromatic heterocycles. The molecule has 0 amide bonds. The monoisotopic (exact) mass is 355 g/mol. The molecule has 120 valence electrons. The van der Waals surface area contributed by atoms with Gasteiger partial charge < -0.3 is 10.1 Å². The number of unbranched alkanes of at least 4 members (excludes halogenated alkanes) is 4. The molecule has 0 aliphatic carbocycles. The molecule has 0 radical (unpaired) electrons. The van der Waals surface area contributed by atoms with Gasteiger partial charge >= 0.3 is 0 Å². The molecule has 1 unspecified atom stereocenters. The van der Waals surface area contributed by atoms with Gasteiger partial charge in [0.2, 0.25) is 0 Å². The van der Waals surface area contributed by atoms with E-state index in [-0.39, 0.29) is 0 Å². The summed E-state index contributed by atoms with van der Waals surface area (Å²) >= 11 is 3.58. The van der Waals surface area contributed by atoms with Crippen LogP contribution in [-0.4, -0.2) is 13.7 Å². The molecule has 0 saturated heterocycles. The molecule has 0 aliphatic rings. The lowest BCUT2D eigenvalue weighted by Crippen LogP contribution is -2.22. The van der Waals surface area contributed by atoms with E-state index >= 15 is 0 Å². The van der Waals surface area contributed by atoms with Gasteiger partial charge in [0, 0.05) is 16.1 Å². The molecule has 0 aliphatic heterocycles. The minimum absolute atomic E-state index is 0.388. The van der Waals surface area contributed by atoms with Crippen LogP contribution < -0.4 is 10.1 Å². The first kappa shape index (κ1) is 18.5. The molecule has 1 N–H and O–H groups in total. The maximum Gasteiger partial charge on any atom is 0.123 e. The average molecular weight is 356 g/mol. The maximum absolute atomic E-state index is 5.55. The number of nitrogens with one attached hydrogen (secondary N) is 1. The van der Waals surface area contributed by atoms with Crippen molar-refractivity contribution in [3.8, 4) is 5.75 Å². The molecule has 0 spiro atoms. The second-order valence-corrected chi connectivity index (χ2v) is 6.51. The number of halogens is 1. The lowest BCUT2D eigenvalue weighted by molar-refractivity contribution is 0.391. The van der Waals surface area contributed by atoms with Crippen molar-refractivity contribution in [3.63, 3.8) is 0 Å². The minimum atomic E-state index is 0.388. The van der Waals surface area contributed by atoms with Gasteiger partial charge in [-0.2, -0.15) is 0 Å². The molecular weight excluding hydrogens is 326 g/mol. The second-order valence-electron chi connectivity index (χ2n) is 5.60. The largest absolute Gasteiger partial charge is 0.496 e. The first-order valence-electron chi connectivity index (χ1n) is 8.29. The van der Waals surface area contributed by atoms with Gasteiger partial charge in [0.1, 0.15) is 5.75 Å². The topological polar surface area (TPSA) is 21.3 Å². The van der Waals surface area contributed by atoms with E-state index in [1.165, 1.54) is 44.1 Å². The fourth-order valence-corrected chi connectivity index (χ4v) is 2.99. The van der Waals surface area contributed by atoms with E-state index in [9.17, 15) is 0 Å². The molecule has 1 aromatic rings. The predicted octanol–water partition coefficient (Wildman–Crippen LogP) is 5.86. The quantitative estimate of drug-likeness (QED) is 0.502. The standard InChI is InChI=1S/C18H30BrNO/c1-4-6-7-8-9-10-17(20-13-5-2)16-14-15(19)11-12-18(16)21-3/h11-12,14,17,20H,4-10,13H2,1-3H3. The van der Waals surface area contributed by atoms with E-state index in [1.807, 2.05) is 6.07 Å². The van der Waals surface area contributed by atoms with Gasteiger partial charge in [-0.3, -0.25) is 0 Å². The van der Waals surface area contributed by atoms with E-state index in [2.05, 4.69) is 47.2 Å². The summed E-state index contributed by atoms with van der Waals surface area (Å²) in [7, 11) is 1.75. The lowest BCUT2D eigenvalue weighted by Gasteiger charge is -2.21. The Morgan fingerprint density at radius 1 is 1.10 bits per heavy atom. The number of ether oxygens (including phenoxy) is 1. The molecule has 21 heavy (non-hydrogen) atoms. The van der Waals surface area contributed by atoms with E-state index in [1.54, 1.807) is 7.11 Å². The molecular formula is C18H30BrNO. The Morgan fingerprint density at radius 3 is 2.52 bits per heavy atom. The molecule has 0 bridgehead atoms. The summed E-state index contributed by atoms with van der Waals surface area (Å²) in [6, 6.07) is 6.68. The van der Waals surface area contributed by atoms with Gasteiger partial charge in [-0.05, 0) is 37.6 Å². The van der Waals surface area contributed by atoms with Crippen molar-refractivity contribution >= 4 is 15.9 Å². The van der Waals surface area contributed by atoms with E-state index in [0.29, 0.717) is 6.04 Å². The summed E-state index contributed by atoms with van der Waals surface area (Å²) in [6.45, 7) is 5.52. The van der Waals surface area contributed by atoms with Crippen LogP contribution in [0.2, 0.25) is 0 Å². The first-order chi connectivity index (χ1) is 10.2. The summed E-state index contributed by atoms with van der Waals surface area (Å²) in [4.78, 5) is 0. The van der Waals surface area contributed by atoms with Gasteiger partial charge in [-0.15, -0.1) is 0 Å². The van der Waals surface area contributed by atoms with Crippen molar-refractivity contribution in [1.29, 1.82) is 0 Å². The smallest absolute Gasteiger partial charge is 0.123 e. The van der Waals surface area contributed by atoms with Crippen LogP contribution in [0.15, 0.2) is 22.7 Å². The minimum Gasteiger partial charge on any atom is -0.496 e. The van der Waals surface area contributed by atoms with E-state index in [4.69, 9.17) is 4.74 Å². The van der Waals surface area contributed by atoms with Crippen molar-refractivity contribution < 1.29 is 4.74 Å². The highest BCUT2D eigenvalue weighted by Crippen LogP contribution is 2.31. The number of rotatable bonds is 11. The van der Waals surface area contributed by atoms with Crippen molar-refractivity contribution in [3.05, 3.63) is 28.2 Å². The predicted molar refractivity (Wildman–Crippen MR) is 95.1 cm³/mol. The normalized spacial score (nSPS) is 12.4. The molecule has 0 heterocycles. The fraction of sp³-hybridized carbons (Fsp3) is 0.667. The Morgan fingerprint density at radius 2 is 1.86 bits per heavy atom. The van der Waals surface area contributed by atoms with Crippen LogP contribution in [-0.2, 0) is 0 Å². The van der Waals surface area contributed by atoms with Crippen LogP contribution in [0.3, 0.4) is 0 Å². The highest BCUT2D eigenvalue weighted by Gasteiger charge is 2.15. The van der Waals surface area contributed by atoms with Crippen molar-refractivity contribution in [2.45, 2.75) is 64.8 Å². The summed E-state index contributed by atoms with van der Waals surface area (Å²) in [5.41, 5.74) is 1.27. The van der Waals surface area contributed by atoms with Crippen LogP contribution >= 0.6 is 15.9 Å². The van der Waals surface area contributed by atoms with Crippen LogP contribution in [0.5, 0.6) is 5.75 Å². The molecule has 1 aromatic carbocycles. The van der Waals surface area contributed by atoms with E-state index < -0.39 is 0 Å². The van der Waals surface area contributed by atoms with Crippen LogP contribution in [0, 0.1) is 0 Å². The SMILES string of the molecule is CCCCCCCC(NCCC)c1cc(Br)ccc1OC. The van der Waals surface area contributed by atoms with Crippen molar-refractivity contribution in [1.82, 2.24) is 5.32 Å². The highest BCUT2D eigenvalue weighted by molar-refractivity contribution is 9.10. The number of hydrogen-bond donors (Lipinski definition) is 1. The van der Waals surface area contributed by atoms with Gasteiger partial charge in [0.15, 0.2) is 0 Å². The maximum atomic E-state index is 5.55. The molecule has 0 fully saturated rings. The molecule has 1 rings (SSSR count). The average Bonchev–Trinajstić information content (AvgIpc) is 2.50. The Balaban J connectivity index is 2.69. The zero-order valence-electron chi connectivity index (χ0n) is 13.8. The number of benzene rings is 1. The molecule has 3 heteroatoms. The zero-order valence-corrected chi connectivity index (χ0v) is 15.3. The van der Waals surface area contributed by atoms with E-state index in [0.717, 1.165) is 23.2 Å². The third-order valence-electron chi connectivity index (χ3n) is 3.80.